The first kappa shape index (κ1) is 16.7. The van der Waals surface area contributed by atoms with Crippen molar-refractivity contribution in [2.75, 3.05) is 0 Å². The molecule has 5 heteroatoms. The minimum absolute atomic E-state index is 0.0329. The minimum atomic E-state index is -1.29. The van der Waals surface area contributed by atoms with Crippen LogP contribution in [-0.4, -0.2) is 37.9 Å². The fraction of sp³-hybridized carbons (Fsp3) is 0.933. The normalized spacial score (nSPS) is 42.9. The number of epoxide rings is 1. The number of Topliss-reactive ketones (excluding diaryl/α,β-unsaturated/α-hetero) is 1. The van der Waals surface area contributed by atoms with Crippen LogP contribution >= 0.6 is 27.5 Å². The molecule has 2 aliphatic rings. The lowest BCUT2D eigenvalue weighted by atomic mass is 9.70. The number of halogens is 2. The second kappa shape index (κ2) is 5.22. The van der Waals surface area contributed by atoms with Gasteiger partial charge in [-0.05, 0) is 52.9 Å². The molecule has 0 spiro atoms. The molecule has 5 atom stereocenters. The molecular formula is C15H24BrClO3. The van der Waals surface area contributed by atoms with Gasteiger partial charge in [-0.25, -0.2) is 0 Å². The summed E-state index contributed by atoms with van der Waals surface area (Å²) in [6.07, 6.45) is 2.63. The Hall–Kier alpha value is 0.360. The standard InChI is InChI=1S/C15H24BrClO3/c1-9(18)15(19,8-12-13(2,3)20-12)10-5-6-14(4,17)11(16)7-10/h10-12,19H,5-8H2,1-4H3/t10-,11-,12+,14-,15+/m0/s1. The van der Waals surface area contributed by atoms with Crippen LogP contribution in [0.5, 0.6) is 0 Å². The van der Waals surface area contributed by atoms with E-state index in [1.165, 1.54) is 6.92 Å². The van der Waals surface area contributed by atoms with Crippen LogP contribution in [0.2, 0.25) is 0 Å². The van der Waals surface area contributed by atoms with Crippen molar-refractivity contribution in [3.05, 3.63) is 0 Å². The van der Waals surface area contributed by atoms with E-state index in [0.717, 1.165) is 12.8 Å². The van der Waals surface area contributed by atoms with E-state index in [9.17, 15) is 9.90 Å². The molecule has 0 radical (unpaired) electrons. The fourth-order valence-corrected chi connectivity index (χ4v) is 4.04. The Morgan fingerprint density at radius 2 is 2.05 bits per heavy atom. The van der Waals surface area contributed by atoms with Gasteiger partial charge in [-0.2, -0.15) is 0 Å². The van der Waals surface area contributed by atoms with Crippen LogP contribution in [0.4, 0.5) is 0 Å². The van der Waals surface area contributed by atoms with Gasteiger partial charge in [0.05, 0.1) is 16.6 Å². The number of hydrogen-bond donors (Lipinski definition) is 1. The predicted octanol–water partition coefficient (Wildman–Crippen LogP) is 3.44. The first-order chi connectivity index (χ1) is 8.99. The number of rotatable bonds is 4. The molecule has 2 fully saturated rings. The number of carbonyl (C=O) groups is 1. The third-order valence-electron chi connectivity index (χ3n) is 5.07. The van der Waals surface area contributed by atoms with Crippen molar-refractivity contribution in [2.24, 2.45) is 5.92 Å². The molecule has 1 aliphatic carbocycles. The van der Waals surface area contributed by atoms with Crippen LogP contribution in [-0.2, 0) is 9.53 Å². The van der Waals surface area contributed by atoms with E-state index in [4.69, 9.17) is 16.3 Å². The van der Waals surface area contributed by atoms with E-state index >= 15 is 0 Å². The summed E-state index contributed by atoms with van der Waals surface area (Å²) in [5.74, 6) is -0.220. The van der Waals surface area contributed by atoms with Gasteiger partial charge in [-0.1, -0.05) is 15.9 Å². The van der Waals surface area contributed by atoms with Crippen molar-refractivity contribution in [2.45, 2.75) is 80.4 Å². The molecule has 0 bridgehead atoms. The molecule has 1 N–H and O–H groups in total. The molecule has 1 aliphatic heterocycles. The zero-order chi connectivity index (χ0) is 15.3. The van der Waals surface area contributed by atoms with Crippen LogP contribution < -0.4 is 0 Å². The van der Waals surface area contributed by atoms with E-state index in [-0.39, 0.29) is 33.1 Å². The maximum Gasteiger partial charge on any atom is 0.161 e. The zero-order valence-corrected chi connectivity index (χ0v) is 14.9. The molecule has 20 heavy (non-hydrogen) atoms. The van der Waals surface area contributed by atoms with Gasteiger partial charge in [0, 0.05) is 11.2 Å². The largest absolute Gasteiger partial charge is 0.382 e. The summed E-state index contributed by atoms with van der Waals surface area (Å²) in [5, 5.41) is 11.0. The average molecular weight is 368 g/mol. The van der Waals surface area contributed by atoms with Crippen molar-refractivity contribution in [3.63, 3.8) is 0 Å². The molecule has 3 nitrogen and oxygen atoms in total. The molecule has 1 heterocycles. The summed E-state index contributed by atoms with van der Waals surface area (Å²) in [5.41, 5.74) is -1.51. The van der Waals surface area contributed by atoms with Crippen LogP contribution in [0, 0.1) is 5.92 Å². The van der Waals surface area contributed by atoms with Crippen LogP contribution in [0.15, 0.2) is 0 Å². The topological polar surface area (TPSA) is 49.8 Å². The Bertz CT molecular complexity index is 410. The second-order valence-corrected chi connectivity index (χ2v) is 9.08. The first-order valence-corrected chi connectivity index (χ1v) is 8.52. The quantitative estimate of drug-likeness (QED) is 0.612. The molecule has 0 unspecified atom stereocenters. The number of ketones is 1. The lowest BCUT2D eigenvalue weighted by Gasteiger charge is -2.43. The van der Waals surface area contributed by atoms with Gasteiger partial charge in [-0.15, -0.1) is 11.6 Å². The maximum atomic E-state index is 12.1. The molecule has 0 amide bonds. The van der Waals surface area contributed by atoms with Crippen molar-refractivity contribution in [1.29, 1.82) is 0 Å². The summed E-state index contributed by atoms with van der Waals surface area (Å²) in [7, 11) is 0. The van der Waals surface area contributed by atoms with E-state index in [1.807, 2.05) is 20.8 Å². The molecule has 0 aromatic rings. The highest BCUT2D eigenvalue weighted by Crippen LogP contribution is 2.49. The summed E-state index contributed by atoms with van der Waals surface area (Å²) >= 11 is 10.1. The van der Waals surface area contributed by atoms with Crippen molar-refractivity contribution in [1.82, 2.24) is 0 Å². The monoisotopic (exact) mass is 366 g/mol. The Kier molecular flexibility index (Phi) is 4.36. The third kappa shape index (κ3) is 3.08. The number of carbonyl (C=O) groups excluding carboxylic acids is 1. The Morgan fingerprint density at radius 1 is 1.50 bits per heavy atom. The van der Waals surface area contributed by atoms with Crippen molar-refractivity contribution >= 4 is 33.3 Å². The van der Waals surface area contributed by atoms with Gasteiger partial charge < -0.3 is 9.84 Å². The second-order valence-electron chi connectivity index (χ2n) is 7.11. The summed E-state index contributed by atoms with van der Waals surface area (Å²) < 4.78 is 5.56. The molecule has 0 aromatic carbocycles. The van der Waals surface area contributed by atoms with Crippen LogP contribution in [0.3, 0.4) is 0 Å². The van der Waals surface area contributed by atoms with E-state index < -0.39 is 5.60 Å². The summed E-state index contributed by atoms with van der Waals surface area (Å²) in [4.78, 5) is 11.9. The fourth-order valence-electron chi connectivity index (χ4n) is 3.16. The van der Waals surface area contributed by atoms with Gasteiger partial charge in [0.15, 0.2) is 5.78 Å². The summed E-state index contributed by atoms with van der Waals surface area (Å²) in [6.45, 7) is 7.46. The zero-order valence-electron chi connectivity index (χ0n) is 12.6. The number of ether oxygens (including phenoxy) is 1. The van der Waals surface area contributed by atoms with E-state index in [0.29, 0.717) is 12.8 Å². The molecule has 116 valence electrons. The van der Waals surface area contributed by atoms with Crippen molar-refractivity contribution < 1.29 is 14.6 Å². The highest BCUT2D eigenvalue weighted by molar-refractivity contribution is 9.09. The molecule has 1 saturated carbocycles. The Labute approximate surface area is 134 Å². The first-order valence-electron chi connectivity index (χ1n) is 7.23. The maximum absolute atomic E-state index is 12.1. The van der Waals surface area contributed by atoms with Gasteiger partial charge in [-0.3, -0.25) is 4.79 Å². The minimum Gasteiger partial charge on any atom is -0.382 e. The molecule has 0 aromatic heterocycles. The van der Waals surface area contributed by atoms with Crippen LogP contribution in [0.1, 0.15) is 53.4 Å². The number of alkyl halides is 2. The number of aliphatic hydroxyl groups is 1. The SMILES string of the molecule is CC(=O)[C@](O)(C[C@H]1OC1(C)C)[C@H]1CC[C@](C)(Cl)[C@@H](Br)C1. The molecule has 1 saturated heterocycles. The van der Waals surface area contributed by atoms with E-state index in [2.05, 4.69) is 15.9 Å². The molecular weight excluding hydrogens is 344 g/mol. The lowest BCUT2D eigenvalue weighted by Crippen LogP contribution is -2.51. The Balaban J connectivity index is 2.11. The van der Waals surface area contributed by atoms with Crippen LogP contribution in [0.25, 0.3) is 0 Å². The highest BCUT2D eigenvalue weighted by Gasteiger charge is 2.56. The van der Waals surface area contributed by atoms with Crippen molar-refractivity contribution in [3.8, 4) is 0 Å². The highest BCUT2D eigenvalue weighted by atomic mass is 79.9. The third-order valence-corrected chi connectivity index (χ3v) is 7.17. The van der Waals surface area contributed by atoms with Gasteiger partial charge in [0.1, 0.15) is 5.60 Å². The van der Waals surface area contributed by atoms with E-state index in [1.54, 1.807) is 0 Å². The lowest BCUT2D eigenvalue weighted by molar-refractivity contribution is -0.144. The van der Waals surface area contributed by atoms with Gasteiger partial charge in [0.25, 0.3) is 0 Å². The number of hydrogen-bond acceptors (Lipinski definition) is 3. The average Bonchev–Trinajstić information content (AvgIpc) is 2.89. The predicted molar refractivity (Wildman–Crippen MR) is 83.5 cm³/mol. The van der Waals surface area contributed by atoms with Gasteiger partial charge >= 0.3 is 0 Å². The van der Waals surface area contributed by atoms with Gasteiger partial charge in [0.2, 0.25) is 0 Å². The summed E-state index contributed by atoms with van der Waals surface area (Å²) in [6, 6.07) is 0. The smallest absolute Gasteiger partial charge is 0.161 e. The Morgan fingerprint density at radius 3 is 2.45 bits per heavy atom. The molecule has 2 rings (SSSR count).